The van der Waals surface area contributed by atoms with Gasteiger partial charge in [0.1, 0.15) is 12.2 Å². The number of nitrogens with one attached hydrogen (secondary N) is 2. The third kappa shape index (κ3) is 5.72. The maximum Gasteiger partial charge on any atom is 0.313 e. The fourth-order valence-electron chi connectivity index (χ4n) is 1.41. The highest BCUT2D eigenvalue weighted by atomic mass is 32.2. The average molecular weight is 329 g/mol. The highest BCUT2D eigenvalue weighted by Gasteiger charge is 2.15. The van der Waals surface area contributed by atoms with Gasteiger partial charge in [0.25, 0.3) is 0 Å². The second-order valence-electron chi connectivity index (χ2n) is 4.18. The first-order valence-electron chi connectivity index (χ1n) is 6.61. The van der Waals surface area contributed by atoms with Gasteiger partial charge in [0.2, 0.25) is 11.8 Å². The molecule has 0 saturated carbocycles. The van der Waals surface area contributed by atoms with E-state index in [0.717, 1.165) is 0 Å². The zero-order chi connectivity index (χ0) is 16.5. The molecule has 0 aliphatic rings. The summed E-state index contributed by atoms with van der Waals surface area (Å²) in [6.45, 7) is 1.97. The maximum atomic E-state index is 11.6. The number of amides is 2. The van der Waals surface area contributed by atoms with Gasteiger partial charge >= 0.3 is 5.97 Å². The Balaban J connectivity index is 2.47. The van der Waals surface area contributed by atoms with Crippen LogP contribution in [0.1, 0.15) is 12.7 Å². The highest BCUT2D eigenvalue weighted by molar-refractivity contribution is 7.99. The smallest absolute Gasteiger partial charge is 0.313 e. The topological polar surface area (TPSA) is 115 Å². The molecule has 2 N–H and O–H groups in total. The van der Waals surface area contributed by atoms with Gasteiger partial charge in [-0.2, -0.15) is 0 Å². The normalized spacial score (nSPS) is 10.1. The SMILES string of the molecule is CCOC(=O)Cc1nnc(SCC(=O)NCC(=O)NC)n1C. The second kappa shape index (κ2) is 9.03. The summed E-state index contributed by atoms with van der Waals surface area (Å²) in [5, 5.41) is 13.2. The number of hydrogen-bond donors (Lipinski definition) is 2. The van der Waals surface area contributed by atoms with Crippen molar-refractivity contribution in [1.82, 2.24) is 25.4 Å². The number of carbonyl (C=O) groups is 3. The lowest BCUT2D eigenvalue weighted by atomic mass is 10.4. The van der Waals surface area contributed by atoms with Crippen LogP contribution in [0.15, 0.2) is 5.16 Å². The minimum absolute atomic E-state index is 0.0285. The van der Waals surface area contributed by atoms with Crippen molar-refractivity contribution >= 4 is 29.5 Å². The van der Waals surface area contributed by atoms with Crippen molar-refractivity contribution < 1.29 is 19.1 Å². The van der Waals surface area contributed by atoms with Gasteiger partial charge in [0.05, 0.1) is 18.9 Å². The van der Waals surface area contributed by atoms with Crippen LogP contribution in [0.2, 0.25) is 0 Å². The first kappa shape index (κ1) is 18.0. The monoisotopic (exact) mass is 329 g/mol. The van der Waals surface area contributed by atoms with Crippen LogP contribution in [0.3, 0.4) is 0 Å². The number of likely N-dealkylation sites (N-methyl/N-ethyl adjacent to an activating group) is 1. The maximum absolute atomic E-state index is 11.6. The molecule has 9 nitrogen and oxygen atoms in total. The molecular formula is C12H19N5O4S. The molecule has 22 heavy (non-hydrogen) atoms. The first-order chi connectivity index (χ1) is 10.5. The molecule has 1 heterocycles. The van der Waals surface area contributed by atoms with E-state index in [4.69, 9.17) is 4.74 Å². The number of ether oxygens (including phenoxy) is 1. The summed E-state index contributed by atoms with van der Waals surface area (Å²) < 4.78 is 6.48. The van der Waals surface area contributed by atoms with Crippen LogP contribution in [0.4, 0.5) is 0 Å². The van der Waals surface area contributed by atoms with Gasteiger partial charge in [-0.1, -0.05) is 11.8 Å². The van der Waals surface area contributed by atoms with Gasteiger partial charge < -0.3 is 19.9 Å². The van der Waals surface area contributed by atoms with Gasteiger partial charge in [-0.05, 0) is 6.92 Å². The molecule has 1 aromatic heterocycles. The molecule has 0 spiro atoms. The van der Waals surface area contributed by atoms with Gasteiger partial charge in [-0.25, -0.2) is 0 Å². The van der Waals surface area contributed by atoms with E-state index in [1.54, 1.807) is 18.5 Å². The molecule has 0 radical (unpaired) electrons. The zero-order valence-corrected chi connectivity index (χ0v) is 13.5. The summed E-state index contributed by atoms with van der Waals surface area (Å²) in [5.74, 6) is -0.371. The molecule has 0 atom stereocenters. The molecule has 0 saturated heterocycles. The van der Waals surface area contributed by atoms with Crippen molar-refractivity contribution in [2.24, 2.45) is 7.05 Å². The minimum Gasteiger partial charge on any atom is -0.466 e. The molecule has 0 aliphatic heterocycles. The lowest BCUT2D eigenvalue weighted by Gasteiger charge is -2.05. The molecule has 0 aromatic carbocycles. The third-order valence-electron chi connectivity index (χ3n) is 2.59. The molecule has 0 bridgehead atoms. The van der Waals surface area contributed by atoms with E-state index in [-0.39, 0.29) is 36.5 Å². The predicted molar refractivity (Wildman–Crippen MR) is 79.1 cm³/mol. The summed E-state index contributed by atoms with van der Waals surface area (Å²) in [7, 11) is 3.20. The molecular weight excluding hydrogens is 310 g/mol. The van der Waals surface area contributed by atoms with Gasteiger partial charge in [-0.15, -0.1) is 10.2 Å². The Morgan fingerprint density at radius 2 is 2.00 bits per heavy atom. The third-order valence-corrected chi connectivity index (χ3v) is 3.61. The highest BCUT2D eigenvalue weighted by Crippen LogP contribution is 2.15. The van der Waals surface area contributed by atoms with Crippen molar-refractivity contribution in [2.75, 3.05) is 26.0 Å². The second-order valence-corrected chi connectivity index (χ2v) is 5.12. The quantitative estimate of drug-likeness (QED) is 0.458. The number of esters is 1. The van der Waals surface area contributed by atoms with Crippen molar-refractivity contribution in [3.05, 3.63) is 5.82 Å². The minimum atomic E-state index is -0.377. The summed E-state index contributed by atoms with van der Waals surface area (Å²) in [6.07, 6.45) is 0.0285. The van der Waals surface area contributed by atoms with E-state index in [1.165, 1.54) is 18.8 Å². The largest absolute Gasteiger partial charge is 0.466 e. The first-order valence-corrected chi connectivity index (χ1v) is 7.60. The molecule has 0 aliphatic carbocycles. The van der Waals surface area contributed by atoms with Crippen LogP contribution in [0.25, 0.3) is 0 Å². The fraction of sp³-hybridized carbons (Fsp3) is 0.583. The van der Waals surface area contributed by atoms with E-state index in [0.29, 0.717) is 17.6 Å². The number of nitrogens with zero attached hydrogens (tertiary/aromatic N) is 3. The van der Waals surface area contributed by atoms with Crippen LogP contribution < -0.4 is 10.6 Å². The van der Waals surface area contributed by atoms with Crippen LogP contribution in [0.5, 0.6) is 0 Å². The Labute approximate surface area is 132 Å². The Morgan fingerprint density at radius 3 is 2.64 bits per heavy atom. The van der Waals surface area contributed by atoms with Crippen LogP contribution in [-0.4, -0.2) is 58.5 Å². The summed E-state index contributed by atoms with van der Waals surface area (Å²) in [4.78, 5) is 34.0. The molecule has 1 aromatic rings. The number of carbonyl (C=O) groups excluding carboxylic acids is 3. The number of hydrogen-bond acceptors (Lipinski definition) is 7. The summed E-state index contributed by atoms with van der Waals surface area (Å²) in [5.41, 5.74) is 0. The molecule has 0 fully saturated rings. The van der Waals surface area contributed by atoms with E-state index >= 15 is 0 Å². The molecule has 0 unspecified atom stereocenters. The van der Waals surface area contributed by atoms with E-state index in [2.05, 4.69) is 20.8 Å². The van der Waals surface area contributed by atoms with E-state index in [1.807, 2.05) is 0 Å². The van der Waals surface area contributed by atoms with Crippen molar-refractivity contribution in [2.45, 2.75) is 18.5 Å². The fourth-order valence-corrected chi connectivity index (χ4v) is 2.17. The molecule has 10 heteroatoms. The van der Waals surface area contributed by atoms with Crippen LogP contribution >= 0.6 is 11.8 Å². The Bertz CT molecular complexity index is 546. The predicted octanol–water partition coefficient (Wildman–Crippen LogP) is -1.12. The van der Waals surface area contributed by atoms with E-state index in [9.17, 15) is 14.4 Å². The van der Waals surface area contributed by atoms with Crippen molar-refractivity contribution in [3.8, 4) is 0 Å². The lowest BCUT2D eigenvalue weighted by Crippen LogP contribution is -2.36. The van der Waals surface area contributed by atoms with Gasteiger partial charge in [-0.3, -0.25) is 14.4 Å². The molecule has 122 valence electrons. The van der Waals surface area contributed by atoms with E-state index < -0.39 is 0 Å². The van der Waals surface area contributed by atoms with Crippen LogP contribution in [-0.2, 0) is 32.6 Å². The summed E-state index contributed by atoms with van der Waals surface area (Å²) in [6, 6.07) is 0. The number of rotatable bonds is 8. The average Bonchev–Trinajstić information content (AvgIpc) is 2.83. The van der Waals surface area contributed by atoms with Gasteiger partial charge in [0, 0.05) is 14.1 Å². The summed E-state index contributed by atoms with van der Waals surface area (Å²) >= 11 is 1.17. The molecule has 1 rings (SSSR count). The van der Waals surface area contributed by atoms with Crippen LogP contribution in [0, 0.1) is 0 Å². The standard InChI is InChI=1S/C12H19N5O4S/c1-4-21-11(20)5-8-15-16-12(17(8)3)22-7-10(19)14-6-9(18)13-2/h4-7H2,1-3H3,(H,13,18)(H,14,19). The molecule has 2 amide bonds. The Morgan fingerprint density at radius 1 is 1.27 bits per heavy atom. The van der Waals surface area contributed by atoms with Crippen molar-refractivity contribution in [3.63, 3.8) is 0 Å². The number of thioether (sulfide) groups is 1. The Kier molecular flexibility index (Phi) is 7.37. The lowest BCUT2D eigenvalue weighted by molar-refractivity contribution is -0.142. The van der Waals surface area contributed by atoms with Gasteiger partial charge in [0.15, 0.2) is 5.16 Å². The Hall–Kier alpha value is -2.10. The van der Waals surface area contributed by atoms with Crippen molar-refractivity contribution in [1.29, 1.82) is 0 Å². The zero-order valence-electron chi connectivity index (χ0n) is 12.7. The number of aromatic nitrogens is 3.